The zero-order valence-corrected chi connectivity index (χ0v) is 19.6. The van der Waals surface area contributed by atoms with Crippen LogP contribution in [0.15, 0.2) is 48.5 Å². The Morgan fingerprint density at radius 3 is 2.37 bits per heavy atom. The van der Waals surface area contributed by atoms with E-state index >= 15 is 0 Å². The van der Waals surface area contributed by atoms with E-state index in [-0.39, 0.29) is 36.3 Å². The van der Waals surface area contributed by atoms with Crippen LogP contribution in [0.3, 0.4) is 0 Å². The van der Waals surface area contributed by atoms with Gasteiger partial charge in [-0.15, -0.1) is 0 Å². The van der Waals surface area contributed by atoms with Gasteiger partial charge in [-0.25, -0.2) is 4.79 Å². The number of rotatable bonds is 5. The number of carboxylic acid groups (broad SMARTS) is 1. The van der Waals surface area contributed by atoms with Crippen LogP contribution in [0.2, 0.25) is 0 Å². The van der Waals surface area contributed by atoms with Crippen molar-refractivity contribution in [2.45, 2.75) is 44.1 Å². The predicted octanol–water partition coefficient (Wildman–Crippen LogP) is 4.02. The Morgan fingerprint density at radius 1 is 1.03 bits per heavy atom. The highest BCUT2D eigenvalue weighted by molar-refractivity contribution is 5.85. The lowest BCUT2D eigenvalue weighted by atomic mass is 9.84. The second-order valence-electron chi connectivity index (χ2n) is 10.6. The summed E-state index contributed by atoms with van der Waals surface area (Å²) < 4.78 is 5.69. The fourth-order valence-electron chi connectivity index (χ4n) is 6.59. The van der Waals surface area contributed by atoms with Gasteiger partial charge in [0.25, 0.3) is 0 Å². The smallest absolute Gasteiger partial charge is 0.407 e. The van der Waals surface area contributed by atoms with Gasteiger partial charge < -0.3 is 20.1 Å². The van der Waals surface area contributed by atoms with Crippen LogP contribution in [0, 0.1) is 17.3 Å². The minimum atomic E-state index is -0.781. The van der Waals surface area contributed by atoms with Crippen LogP contribution in [-0.2, 0) is 14.3 Å². The summed E-state index contributed by atoms with van der Waals surface area (Å²) in [6.07, 6.45) is 3.26. The number of nitrogens with one attached hydrogen (secondary N) is 1. The largest absolute Gasteiger partial charge is 0.481 e. The molecule has 2 N–H and O–H groups in total. The second kappa shape index (κ2) is 8.40. The number of carboxylic acids is 1. The molecular formula is C28H30N2O5. The number of benzene rings is 2. The second-order valence-corrected chi connectivity index (χ2v) is 10.6. The monoisotopic (exact) mass is 474 g/mol. The van der Waals surface area contributed by atoms with Crippen LogP contribution < -0.4 is 5.32 Å². The Hall–Kier alpha value is -3.35. The molecule has 4 aliphatic rings. The van der Waals surface area contributed by atoms with E-state index in [2.05, 4.69) is 29.6 Å². The number of carbonyl (C=O) groups excluding carboxylic acids is 2. The Bertz CT molecular complexity index is 1150. The SMILES string of the molecule is O=C(NC1CCCC(C(=O)N2CC3CC3(C(=O)O)C2)C1)OCC1c2ccccc2-c2ccccc21. The maximum Gasteiger partial charge on any atom is 0.407 e. The van der Waals surface area contributed by atoms with Crippen LogP contribution >= 0.6 is 0 Å². The van der Waals surface area contributed by atoms with Gasteiger partial charge in [0.15, 0.2) is 0 Å². The molecule has 2 saturated carbocycles. The zero-order valence-electron chi connectivity index (χ0n) is 19.6. The van der Waals surface area contributed by atoms with Gasteiger partial charge in [0.05, 0.1) is 5.41 Å². The molecule has 1 heterocycles. The lowest BCUT2D eigenvalue weighted by molar-refractivity contribution is -0.144. The summed E-state index contributed by atoms with van der Waals surface area (Å²) >= 11 is 0. The summed E-state index contributed by atoms with van der Waals surface area (Å²) in [5, 5.41) is 12.5. The topological polar surface area (TPSA) is 95.9 Å². The molecule has 1 saturated heterocycles. The third kappa shape index (κ3) is 3.77. The molecular weight excluding hydrogens is 444 g/mol. The van der Waals surface area contributed by atoms with Crippen molar-refractivity contribution in [2.75, 3.05) is 19.7 Å². The Kier molecular flexibility index (Phi) is 5.31. The molecule has 0 spiro atoms. The number of alkyl carbamates (subject to hydrolysis) is 1. The fourth-order valence-corrected chi connectivity index (χ4v) is 6.59. The molecule has 6 rings (SSSR count). The van der Waals surface area contributed by atoms with Gasteiger partial charge in [-0.3, -0.25) is 9.59 Å². The highest BCUT2D eigenvalue weighted by Crippen LogP contribution is 2.58. The fraction of sp³-hybridized carbons (Fsp3) is 0.464. The normalized spacial score (nSPS) is 28.6. The van der Waals surface area contributed by atoms with Crippen LogP contribution in [0.5, 0.6) is 0 Å². The van der Waals surface area contributed by atoms with Crippen LogP contribution in [0.25, 0.3) is 11.1 Å². The molecule has 2 aromatic rings. The third-order valence-corrected chi connectivity index (χ3v) is 8.57. The molecule has 0 aromatic heterocycles. The first-order valence-electron chi connectivity index (χ1n) is 12.6. The van der Waals surface area contributed by atoms with Crippen LogP contribution in [0.1, 0.15) is 49.1 Å². The quantitative estimate of drug-likeness (QED) is 0.683. The van der Waals surface area contributed by atoms with Crippen molar-refractivity contribution >= 4 is 18.0 Å². The van der Waals surface area contributed by atoms with Gasteiger partial charge in [0, 0.05) is 31.0 Å². The van der Waals surface area contributed by atoms with Gasteiger partial charge in [-0.1, -0.05) is 55.0 Å². The van der Waals surface area contributed by atoms with Gasteiger partial charge in [-0.2, -0.15) is 0 Å². The van der Waals surface area contributed by atoms with E-state index in [0.29, 0.717) is 25.9 Å². The molecule has 7 heteroatoms. The molecule has 182 valence electrons. The highest BCUT2D eigenvalue weighted by Gasteiger charge is 2.66. The highest BCUT2D eigenvalue weighted by atomic mass is 16.5. The summed E-state index contributed by atoms with van der Waals surface area (Å²) in [6, 6.07) is 16.4. The van der Waals surface area contributed by atoms with Crippen molar-refractivity contribution in [2.24, 2.45) is 17.3 Å². The third-order valence-electron chi connectivity index (χ3n) is 8.57. The van der Waals surface area contributed by atoms with Gasteiger partial charge in [-0.05, 0) is 53.9 Å². The van der Waals surface area contributed by atoms with E-state index in [4.69, 9.17) is 4.74 Å². The van der Waals surface area contributed by atoms with Crippen molar-refractivity contribution in [3.8, 4) is 11.1 Å². The number of fused-ring (bicyclic) bond motifs is 4. The molecule has 3 fully saturated rings. The van der Waals surface area contributed by atoms with E-state index in [1.807, 2.05) is 24.3 Å². The summed E-state index contributed by atoms with van der Waals surface area (Å²) in [6.45, 7) is 1.14. The van der Waals surface area contributed by atoms with Crippen LogP contribution in [0.4, 0.5) is 4.79 Å². The van der Waals surface area contributed by atoms with Crippen LogP contribution in [-0.4, -0.2) is 53.7 Å². The first-order valence-corrected chi connectivity index (χ1v) is 12.6. The summed E-state index contributed by atoms with van der Waals surface area (Å²) in [5.74, 6) is -0.807. The molecule has 2 amide bonds. The van der Waals surface area contributed by atoms with Crippen molar-refractivity contribution < 1.29 is 24.2 Å². The summed E-state index contributed by atoms with van der Waals surface area (Å²) in [4.78, 5) is 39.1. The Balaban J connectivity index is 1.04. The number of piperidine rings is 1. The molecule has 4 atom stereocenters. The predicted molar refractivity (Wildman–Crippen MR) is 129 cm³/mol. The van der Waals surface area contributed by atoms with Crippen molar-refractivity contribution in [3.05, 3.63) is 59.7 Å². The number of hydrogen-bond donors (Lipinski definition) is 2. The average Bonchev–Trinajstić information content (AvgIpc) is 3.30. The zero-order chi connectivity index (χ0) is 24.2. The minimum absolute atomic E-state index is 0.0111. The number of hydrogen-bond acceptors (Lipinski definition) is 4. The standard InChI is InChI=1S/C28H30N2O5/c31-25(30-14-18-13-28(18,16-30)26(32)33)17-6-5-7-19(12-17)29-27(34)35-15-24-22-10-3-1-8-20(22)21-9-2-4-11-23(21)24/h1-4,8-11,17-19,24H,5-7,12-16H2,(H,29,34)(H,32,33). The minimum Gasteiger partial charge on any atom is -0.481 e. The van der Waals surface area contributed by atoms with E-state index in [1.165, 1.54) is 22.3 Å². The molecule has 35 heavy (non-hydrogen) atoms. The Labute approximate surface area is 204 Å². The molecule has 4 unspecified atom stereocenters. The van der Waals surface area contributed by atoms with E-state index < -0.39 is 17.5 Å². The lowest BCUT2D eigenvalue weighted by Gasteiger charge is -2.32. The molecule has 7 nitrogen and oxygen atoms in total. The van der Waals surface area contributed by atoms with Crippen molar-refractivity contribution in [3.63, 3.8) is 0 Å². The summed E-state index contributed by atoms with van der Waals surface area (Å²) in [7, 11) is 0. The van der Waals surface area contributed by atoms with Crippen molar-refractivity contribution in [1.82, 2.24) is 10.2 Å². The van der Waals surface area contributed by atoms with E-state index in [0.717, 1.165) is 19.3 Å². The van der Waals surface area contributed by atoms with E-state index in [1.54, 1.807) is 4.90 Å². The molecule has 0 radical (unpaired) electrons. The molecule has 0 bridgehead atoms. The van der Waals surface area contributed by atoms with Gasteiger partial charge in [0.2, 0.25) is 5.91 Å². The molecule has 1 aliphatic heterocycles. The summed E-state index contributed by atoms with van der Waals surface area (Å²) in [5.41, 5.74) is 4.02. The number of amides is 2. The number of likely N-dealkylation sites (tertiary alicyclic amines) is 1. The van der Waals surface area contributed by atoms with Crippen molar-refractivity contribution in [1.29, 1.82) is 0 Å². The number of nitrogens with zero attached hydrogens (tertiary/aromatic N) is 1. The number of aliphatic carboxylic acids is 1. The molecule has 3 aliphatic carbocycles. The first kappa shape index (κ1) is 22.1. The molecule has 2 aromatic carbocycles. The maximum absolute atomic E-state index is 13.1. The maximum atomic E-state index is 13.1. The Morgan fingerprint density at radius 2 is 1.71 bits per heavy atom. The lowest BCUT2D eigenvalue weighted by Crippen LogP contribution is -2.44. The number of ether oxygens (including phenoxy) is 1. The first-order chi connectivity index (χ1) is 17.0. The van der Waals surface area contributed by atoms with Gasteiger partial charge in [0.1, 0.15) is 6.61 Å². The van der Waals surface area contributed by atoms with Gasteiger partial charge >= 0.3 is 12.1 Å². The van der Waals surface area contributed by atoms with E-state index in [9.17, 15) is 19.5 Å². The average molecular weight is 475 g/mol. The number of carbonyl (C=O) groups is 3.